The average molecular weight is 193 g/mol. The zero-order valence-corrected chi connectivity index (χ0v) is 10.3. The quantitative estimate of drug-likeness (QED) is 0.709. The molecule has 0 aliphatic rings. The van der Waals surface area contributed by atoms with Gasteiger partial charge in [-0.3, -0.25) is 0 Å². The largest absolute Gasteiger partial charge is 0.388 e. The molecule has 1 heteroatoms. The van der Waals surface area contributed by atoms with Crippen LogP contribution in [0.5, 0.6) is 0 Å². The Morgan fingerprint density at radius 1 is 0.929 bits per heavy atom. The predicted molar refractivity (Wildman–Crippen MR) is 66.0 cm³/mol. The predicted octanol–water partition coefficient (Wildman–Crippen LogP) is 4.05. The van der Waals surface area contributed by atoms with Crippen molar-refractivity contribution in [2.24, 2.45) is 0 Å². The highest BCUT2D eigenvalue weighted by atomic mass is 14.8. The second kappa shape index (κ2) is 5.69. The summed E-state index contributed by atoms with van der Waals surface area (Å²) in [5.41, 5.74) is 2.80. The lowest BCUT2D eigenvalue weighted by Gasteiger charge is -2.18. The summed E-state index contributed by atoms with van der Waals surface area (Å²) in [7, 11) is 1.94. The Balaban J connectivity index is 0.000000791. The monoisotopic (exact) mass is 193 g/mol. The van der Waals surface area contributed by atoms with Gasteiger partial charge in [0.25, 0.3) is 0 Å². The van der Waals surface area contributed by atoms with E-state index in [9.17, 15) is 0 Å². The summed E-state index contributed by atoms with van der Waals surface area (Å²) in [5, 5.41) is 3.11. The van der Waals surface area contributed by atoms with Crippen LogP contribution < -0.4 is 5.32 Å². The van der Waals surface area contributed by atoms with Crippen LogP contribution in [0.4, 0.5) is 5.69 Å². The van der Waals surface area contributed by atoms with E-state index in [-0.39, 0.29) is 5.41 Å². The summed E-state index contributed by atoms with van der Waals surface area (Å²) < 4.78 is 0. The van der Waals surface area contributed by atoms with Crippen molar-refractivity contribution in [2.45, 2.75) is 40.0 Å². The van der Waals surface area contributed by atoms with Crippen molar-refractivity contribution in [1.29, 1.82) is 0 Å². The standard InChI is InChI=1S/C11H17N.C2H6/c1-11(2,3)9-5-7-10(12-4)8-6-9;1-2/h5-8,12H,1-4H3;1-2H3. The van der Waals surface area contributed by atoms with Gasteiger partial charge in [0.15, 0.2) is 0 Å². The minimum atomic E-state index is 0.256. The van der Waals surface area contributed by atoms with Gasteiger partial charge in [0.2, 0.25) is 0 Å². The van der Waals surface area contributed by atoms with Gasteiger partial charge in [-0.15, -0.1) is 0 Å². The van der Waals surface area contributed by atoms with Crippen molar-refractivity contribution in [3.05, 3.63) is 29.8 Å². The topological polar surface area (TPSA) is 12.0 Å². The first kappa shape index (κ1) is 13.0. The zero-order chi connectivity index (χ0) is 11.2. The molecule has 0 aromatic heterocycles. The molecule has 1 N–H and O–H groups in total. The molecule has 0 bridgehead atoms. The molecule has 1 rings (SSSR count). The summed E-state index contributed by atoms with van der Waals surface area (Å²) in [6, 6.07) is 8.57. The Hall–Kier alpha value is -0.980. The van der Waals surface area contributed by atoms with Crippen LogP contribution in [0.1, 0.15) is 40.2 Å². The van der Waals surface area contributed by atoms with Crippen LogP contribution >= 0.6 is 0 Å². The Labute approximate surface area is 88.5 Å². The summed E-state index contributed by atoms with van der Waals surface area (Å²) in [4.78, 5) is 0. The third kappa shape index (κ3) is 3.82. The molecule has 1 aromatic rings. The first-order valence-corrected chi connectivity index (χ1v) is 5.32. The van der Waals surface area contributed by atoms with E-state index in [1.807, 2.05) is 20.9 Å². The minimum absolute atomic E-state index is 0.256. The van der Waals surface area contributed by atoms with Gasteiger partial charge in [-0.2, -0.15) is 0 Å². The summed E-state index contributed by atoms with van der Waals surface area (Å²) in [5.74, 6) is 0. The van der Waals surface area contributed by atoms with Gasteiger partial charge in [0.1, 0.15) is 0 Å². The lowest BCUT2D eigenvalue weighted by Crippen LogP contribution is -2.10. The molecule has 0 atom stereocenters. The van der Waals surface area contributed by atoms with Crippen LogP contribution in [0.15, 0.2) is 24.3 Å². The molecule has 0 saturated heterocycles. The molecule has 0 unspecified atom stereocenters. The summed E-state index contributed by atoms with van der Waals surface area (Å²) >= 11 is 0. The fraction of sp³-hybridized carbons (Fsp3) is 0.538. The van der Waals surface area contributed by atoms with Gasteiger partial charge in [-0.1, -0.05) is 46.8 Å². The van der Waals surface area contributed by atoms with Crippen LogP contribution in [0, 0.1) is 0 Å². The zero-order valence-electron chi connectivity index (χ0n) is 10.3. The Kier molecular flexibility index (Phi) is 5.29. The van der Waals surface area contributed by atoms with Crippen LogP contribution in [0.3, 0.4) is 0 Å². The molecule has 0 heterocycles. The van der Waals surface area contributed by atoms with E-state index in [4.69, 9.17) is 0 Å². The Bertz CT molecular complexity index is 241. The molecule has 0 saturated carbocycles. The van der Waals surface area contributed by atoms with Crippen molar-refractivity contribution in [3.63, 3.8) is 0 Å². The molecule has 0 spiro atoms. The minimum Gasteiger partial charge on any atom is -0.388 e. The van der Waals surface area contributed by atoms with E-state index < -0.39 is 0 Å². The Morgan fingerprint density at radius 2 is 1.36 bits per heavy atom. The third-order valence-corrected chi connectivity index (χ3v) is 2.04. The van der Waals surface area contributed by atoms with Crippen molar-refractivity contribution in [2.75, 3.05) is 12.4 Å². The maximum Gasteiger partial charge on any atom is 0.0337 e. The molecular formula is C13H23N. The van der Waals surface area contributed by atoms with Gasteiger partial charge in [-0.05, 0) is 23.1 Å². The highest BCUT2D eigenvalue weighted by molar-refractivity contribution is 5.44. The fourth-order valence-corrected chi connectivity index (χ4v) is 1.14. The van der Waals surface area contributed by atoms with E-state index in [1.165, 1.54) is 11.3 Å². The fourth-order valence-electron chi connectivity index (χ4n) is 1.14. The lowest BCUT2D eigenvalue weighted by molar-refractivity contribution is 0.590. The first-order valence-electron chi connectivity index (χ1n) is 5.32. The maximum atomic E-state index is 3.11. The number of nitrogens with one attached hydrogen (secondary N) is 1. The second-order valence-corrected chi connectivity index (χ2v) is 4.08. The van der Waals surface area contributed by atoms with Crippen molar-refractivity contribution in [1.82, 2.24) is 0 Å². The number of hydrogen-bond donors (Lipinski definition) is 1. The normalized spacial score (nSPS) is 10.1. The van der Waals surface area contributed by atoms with Crippen molar-refractivity contribution >= 4 is 5.69 Å². The highest BCUT2D eigenvalue weighted by Gasteiger charge is 2.12. The van der Waals surface area contributed by atoms with Crippen LogP contribution in [-0.4, -0.2) is 7.05 Å². The maximum absolute atomic E-state index is 3.11. The van der Waals surface area contributed by atoms with Gasteiger partial charge >= 0.3 is 0 Å². The molecule has 0 aliphatic heterocycles. The van der Waals surface area contributed by atoms with Crippen LogP contribution in [-0.2, 0) is 5.41 Å². The smallest absolute Gasteiger partial charge is 0.0337 e. The summed E-state index contributed by atoms with van der Waals surface area (Å²) in [6.45, 7) is 10.7. The van der Waals surface area contributed by atoms with Crippen LogP contribution in [0.25, 0.3) is 0 Å². The molecule has 1 aromatic carbocycles. The SMILES string of the molecule is CC.CNc1ccc(C(C)(C)C)cc1. The van der Waals surface area contributed by atoms with E-state index >= 15 is 0 Å². The molecule has 0 aliphatic carbocycles. The van der Waals surface area contributed by atoms with Crippen LogP contribution in [0.2, 0.25) is 0 Å². The molecule has 0 fully saturated rings. The van der Waals surface area contributed by atoms with Gasteiger partial charge in [-0.25, -0.2) is 0 Å². The van der Waals surface area contributed by atoms with E-state index in [0.29, 0.717) is 0 Å². The van der Waals surface area contributed by atoms with Crippen molar-refractivity contribution in [3.8, 4) is 0 Å². The van der Waals surface area contributed by atoms with Gasteiger partial charge in [0, 0.05) is 12.7 Å². The molecule has 14 heavy (non-hydrogen) atoms. The first-order chi connectivity index (χ1) is 6.54. The second-order valence-electron chi connectivity index (χ2n) is 4.08. The summed E-state index contributed by atoms with van der Waals surface area (Å²) in [6.07, 6.45) is 0. The number of anilines is 1. The van der Waals surface area contributed by atoms with E-state index in [2.05, 4.69) is 50.4 Å². The van der Waals surface area contributed by atoms with Gasteiger partial charge in [0.05, 0.1) is 0 Å². The van der Waals surface area contributed by atoms with Crippen molar-refractivity contribution < 1.29 is 0 Å². The number of benzene rings is 1. The Morgan fingerprint density at radius 3 is 1.64 bits per heavy atom. The number of hydrogen-bond acceptors (Lipinski definition) is 1. The molecule has 1 nitrogen and oxygen atoms in total. The molecule has 0 amide bonds. The third-order valence-electron chi connectivity index (χ3n) is 2.04. The van der Waals surface area contributed by atoms with E-state index in [1.54, 1.807) is 0 Å². The van der Waals surface area contributed by atoms with E-state index in [0.717, 1.165) is 0 Å². The lowest BCUT2D eigenvalue weighted by atomic mass is 9.87. The van der Waals surface area contributed by atoms with Gasteiger partial charge < -0.3 is 5.32 Å². The molecule has 0 radical (unpaired) electrons. The highest BCUT2D eigenvalue weighted by Crippen LogP contribution is 2.23. The molecule has 80 valence electrons. The average Bonchev–Trinajstić information content (AvgIpc) is 2.20. The number of rotatable bonds is 1. The molecular weight excluding hydrogens is 170 g/mol.